The molecule has 0 bridgehead atoms. The molecule has 7 nitrogen and oxygen atoms in total. The van der Waals surface area contributed by atoms with Gasteiger partial charge in [0.2, 0.25) is 5.91 Å². The van der Waals surface area contributed by atoms with Gasteiger partial charge >= 0.3 is 0 Å². The number of thioether (sulfide) groups is 1. The van der Waals surface area contributed by atoms with E-state index in [2.05, 4.69) is 4.98 Å². The Morgan fingerprint density at radius 2 is 1.93 bits per heavy atom. The maximum absolute atomic E-state index is 12.7. The van der Waals surface area contributed by atoms with E-state index in [-0.39, 0.29) is 11.3 Å². The van der Waals surface area contributed by atoms with Crippen molar-refractivity contribution < 1.29 is 19.1 Å². The Morgan fingerprint density at radius 1 is 1.17 bits per heavy atom. The summed E-state index contributed by atoms with van der Waals surface area (Å²) in [5.74, 6) is -0.830. The van der Waals surface area contributed by atoms with E-state index in [0.717, 1.165) is 27.1 Å². The number of para-hydroxylation sites is 2. The monoisotopic (exact) mass is 427 g/mol. The van der Waals surface area contributed by atoms with E-state index >= 15 is 0 Å². The number of ether oxygens (including phenoxy) is 1. The highest BCUT2D eigenvalue weighted by atomic mass is 32.2. The van der Waals surface area contributed by atoms with Gasteiger partial charge in [-0.15, -0.1) is 0 Å². The minimum atomic E-state index is -0.653. The summed E-state index contributed by atoms with van der Waals surface area (Å²) in [5, 5.41) is 0.329. The van der Waals surface area contributed by atoms with Gasteiger partial charge in [0.25, 0.3) is 11.1 Å². The number of amides is 3. The van der Waals surface area contributed by atoms with Crippen molar-refractivity contribution >= 4 is 55.5 Å². The normalized spacial score (nSPS) is 13.9. The quantitative estimate of drug-likeness (QED) is 0.556. The van der Waals surface area contributed by atoms with Crippen molar-refractivity contribution in [2.24, 2.45) is 0 Å². The van der Waals surface area contributed by atoms with E-state index in [1.54, 1.807) is 35.6 Å². The van der Waals surface area contributed by atoms with Crippen LogP contribution in [0, 0.1) is 0 Å². The number of nitrogens with zero attached hydrogens (tertiary/aromatic N) is 3. The number of carbonyl (C=O) groups is 3. The summed E-state index contributed by atoms with van der Waals surface area (Å²) < 4.78 is 6.93. The molecule has 148 valence electrons. The second-order valence-electron chi connectivity index (χ2n) is 6.32. The molecule has 1 aliphatic heterocycles. The molecule has 2 aromatic carbocycles. The fraction of sp³-hybridized carbons (Fsp3) is 0.200. The molecule has 3 aromatic rings. The Kier molecular flexibility index (Phi) is 5.50. The molecule has 9 heteroatoms. The molecule has 0 N–H and O–H groups in total. The fourth-order valence-corrected chi connectivity index (χ4v) is 4.49. The number of imide groups is 3. The zero-order valence-electron chi connectivity index (χ0n) is 15.5. The minimum absolute atomic E-state index is 0.0133. The molecule has 0 radical (unpaired) electrons. The second kappa shape index (κ2) is 8.22. The molecule has 0 spiro atoms. The van der Waals surface area contributed by atoms with Crippen LogP contribution >= 0.6 is 23.1 Å². The Hall–Kier alpha value is -2.91. The van der Waals surface area contributed by atoms with Crippen LogP contribution < -0.4 is 9.64 Å². The molecule has 3 amide bonds. The molecular weight excluding hydrogens is 410 g/mol. The maximum Gasteiger partial charge on any atom is 0.295 e. The van der Waals surface area contributed by atoms with Crippen LogP contribution in [0.2, 0.25) is 0 Å². The Bertz CT molecular complexity index is 1050. The molecule has 29 heavy (non-hydrogen) atoms. The topological polar surface area (TPSA) is 79.8 Å². The van der Waals surface area contributed by atoms with Crippen LogP contribution in [0.1, 0.15) is 10.4 Å². The number of hydrogen-bond donors (Lipinski definition) is 0. The predicted octanol–water partition coefficient (Wildman–Crippen LogP) is 3.65. The molecule has 1 saturated heterocycles. The van der Waals surface area contributed by atoms with E-state index < -0.39 is 17.1 Å². The summed E-state index contributed by atoms with van der Waals surface area (Å²) in [6, 6.07) is 14.6. The highest BCUT2D eigenvalue weighted by Gasteiger charge is 2.37. The van der Waals surface area contributed by atoms with Crippen LogP contribution in [0.15, 0.2) is 48.5 Å². The van der Waals surface area contributed by atoms with Crippen LogP contribution in [0.4, 0.5) is 9.93 Å². The number of benzene rings is 2. The first kappa shape index (κ1) is 19.4. The minimum Gasteiger partial charge on any atom is -0.491 e. The fourth-order valence-electron chi connectivity index (χ4n) is 2.85. The number of rotatable bonds is 6. The van der Waals surface area contributed by atoms with Crippen molar-refractivity contribution in [3.8, 4) is 5.75 Å². The number of fused-ring (bicyclic) bond motifs is 1. The van der Waals surface area contributed by atoms with Crippen LogP contribution in [0.25, 0.3) is 10.2 Å². The number of thiazole rings is 1. The average molecular weight is 428 g/mol. The van der Waals surface area contributed by atoms with E-state index in [4.69, 9.17) is 4.74 Å². The van der Waals surface area contributed by atoms with Gasteiger partial charge < -0.3 is 9.64 Å². The zero-order valence-corrected chi connectivity index (χ0v) is 17.2. The first-order chi connectivity index (χ1) is 14.0. The summed E-state index contributed by atoms with van der Waals surface area (Å²) in [5.41, 5.74) is 1.15. The largest absolute Gasteiger partial charge is 0.491 e. The van der Waals surface area contributed by atoms with Crippen molar-refractivity contribution in [1.82, 2.24) is 9.88 Å². The highest BCUT2D eigenvalue weighted by molar-refractivity contribution is 8.14. The summed E-state index contributed by atoms with van der Waals surface area (Å²) in [6.07, 6.45) is 0. The molecule has 0 aliphatic carbocycles. The maximum atomic E-state index is 12.7. The first-order valence-electron chi connectivity index (χ1n) is 8.87. The lowest BCUT2D eigenvalue weighted by Crippen LogP contribution is -2.35. The van der Waals surface area contributed by atoms with Gasteiger partial charge in [0.15, 0.2) is 5.13 Å². The van der Waals surface area contributed by atoms with Crippen molar-refractivity contribution in [3.63, 3.8) is 0 Å². The van der Waals surface area contributed by atoms with E-state index in [0.29, 0.717) is 23.8 Å². The van der Waals surface area contributed by atoms with Gasteiger partial charge in [-0.05, 0) is 24.3 Å². The average Bonchev–Trinajstić information content (AvgIpc) is 3.31. The van der Waals surface area contributed by atoms with E-state index in [9.17, 15) is 14.4 Å². The lowest BCUT2D eigenvalue weighted by molar-refractivity contribution is -0.122. The van der Waals surface area contributed by atoms with Gasteiger partial charge in [-0.3, -0.25) is 14.4 Å². The van der Waals surface area contributed by atoms with Crippen molar-refractivity contribution in [2.75, 3.05) is 30.9 Å². The summed E-state index contributed by atoms with van der Waals surface area (Å²) in [6.45, 7) is 0.868. The first-order valence-corrected chi connectivity index (χ1v) is 10.7. The third kappa shape index (κ3) is 3.96. The van der Waals surface area contributed by atoms with Crippen LogP contribution in [-0.4, -0.2) is 52.9 Å². The number of carbonyl (C=O) groups excluding carboxylic acids is 3. The molecule has 2 heterocycles. The molecule has 0 atom stereocenters. The summed E-state index contributed by atoms with van der Waals surface area (Å²) in [7, 11) is 1.93. The van der Waals surface area contributed by atoms with Gasteiger partial charge in [-0.1, -0.05) is 47.4 Å². The summed E-state index contributed by atoms with van der Waals surface area (Å²) in [4.78, 5) is 43.6. The van der Waals surface area contributed by atoms with Gasteiger partial charge in [-0.25, -0.2) is 9.88 Å². The second-order valence-corrected chi connectivity index (χ2v) is 8.25. The molecular formula is C20H17N3O4S2. The van der Waals surface area contributed by atoms with Gasteiger partial charge in [0, 0.05) is 7.05 Å². The van der Waals surface area contributed by atoms with Crippen molar-refractivity contribution in [3.05, 3.63) is 54.1 Å². The van der Waals surface area contributed by atoms with Crippen LogP contribution in [0.5, 0.6) is 5.75 Å². The SMILES string of the molecule is CN(CCOc1ccccc1C(=O)N1C(=O)CSC1=O)c1nc2ccccc2s1. The third-order valence-electron chi connectivity index (χ3n) is 4.37. The van der Waals surface area contributed by atoms with Crippen LogP contribution in [0.3, 0.4) is 0 Å². The lowest BCUT2D eigenvalue weighted by atomic mass is 10.1. The number of likely N-dealkylation sites (N-methyl/N-ethyl adjacent to an activating group) is 1. The Morgan fingerprint density at radius 3 is 2.69 bits per heavy atom. The molecule has 0 unspecified atom stereocenters. The van der Waals surface area contributed by atoms with Crippen LogP contribution in [-0.2, 0) is 4.79 Å². The molecule has 1 fully saturated rings. The van der Waals surface area contributed by atoms with Gasteiger partial charge in [0.05, 0.1) is 28.1 Å². The summed E-state index contributed by atoms with van der Waals surface area (Å²) >= 11 is 2.42. The standard InChI is InChI=1S/C20H17N3O4S2/c1-22(19-21-14-7-3-5-9-16(14)29-19)10-11-27-15-8-4-2-6-13(15)18(25)23-17(24)12-28-20(23)26/h2-9H,10-12H2,1H3. The predicted molar refractivity (Wildman–Crippen MR) is 114 cm³/mol. The molecule has 4 rings (SSSR count). The molecule has 1 aliphatic rings. The van der Waals surface area contributed by atoms with Gasteiger partial charge in [0.1, 0.15) is 12.4 Å². The van der Waals surface area contributed by atoms with Crippen molar-refractivity contribution in [2.45, 2.75) is 0 Å². The smallest absolute Gasteiger partial charge is 0.295 e. The van der Waals surface area contributed by atoms with Gasteiger partial charge in [-0.2, -0.15) is 0 Å². The number of hydrogen-bond acceptors (Lipinski definition) is 8. The lowest BCUT2D eigenvalue weighted by Gasteiger charge is -2.18. The Labute approximate surface area is 175 Å². The van der Waals surface area contributed by atoms with Crippen molar-refractivity contribution in [1.29, 1.82) is 0 Å². The number of anilines is 1. The molecule has 0 saturated carbocycles. The highest BCUT2D eigenvalue weighted by Crippen LogP contribution is 2.28. The van der Waals surface area contributed by atoms with E-state index in [1.807, 2.05) is 36.2 Å². The zero-order chi connectivity index (χ0) is 20.4. The Balaban J connectivity index is 1.43. The molecule has 1 aromatic heterocycles. The number of aromatic nitrogens is 1. The van der Waals surface area contributed by atoms with E-state index in [1.165, 1.54) is 0 Å². The third-order valence-corrected chi connectivity index (χ3v) is 6.34.